The Labute approximate surface area is 96.3 Å². The molecule has 1 aliphatic heterocycles. The lowest BCUT2D eigenvalue weighted by molar-refractivity contribution is 0.513. The smallest absolute Gasteiger partial charge is 0.232 e. The van der Waals surface area contributed by atoms with Gasteiger partial charge in [0.15, 0.2) is 0 Å². The molecule has 0 saturated carbocycles. The molecule has 2 nitrogen and oxygen atoms in total. The summed E-state index contributed by atoms with van der Waals surface area (Å²) in [5.41, 5.74) is 1.07. The first-order valence-corrected chi connectivity index (χ1v) is 6.47. The van der Waals surface area contributed by atoms with Crippen LogP contribution in [0.5, 0.6) is 0 Å². The van der Waals surface area contributed by atoms with Crippen molar-refractivity contribution in [1.82, 2.24) is 4.98 Å². The Morgan fingerprint density at radius 3 is 3.00 bits per heavy atom. The molecule has 76 valence electrons. The summed E-state index contributed by atoms with van der Waals surface area (Å²) in [6.07, 6.45) is 4.16. The molecule has 0 fully saturated rings. The van der Waals surface area contributed by atoms with Crippen molar-refractivity contribution < 1.29 is 4.42 Å². The van der Waals surface area contributed by atoms with E-state index in [1.165, 1.54) is 0 Å². The lowest BCUT2D eigenvalue weighted by Crippen LogP contribution is -1.83. The van der Waals surface area contributed by atoms with Crippen LogP contribution in [-0.4, -0.2) is 9.14 Å². The van der Waals surface area contributed by atoms with Gasteiger partial charge in [0.25, 0.3) is 0 Å². The van der Waals surface area contributed by atoms with Gasteiger partial charge in [0, 0.05) is 0 Å². The maximum Gasteiger partial charge on any atom is 0.232 e. The highest BCUT2D eigenvalue weighted by atomic mass is 79.9. The number of hydrogen-bond donors (Lipinski definition) is 0. The summed E-state index contributed by atoms with van der Waals surface area (Å²) in [7, 11) is 0. The van der Waals surface area contributed by atoms with E-state index in [4.69, 9.17) is 4.42 Å². The standard InChI is InChI=1S/C10H12BrNOS/c1-3-7-6(2)13-10(12-7)8-4-5-9(11)14-8/h4,9H,3,5H2,1-2H3. The SMILES string of the molecule is CCc1nc(C2=CCC(Br)S2)oc1C. The van der Waals surface area contributed by atoms with Crippen LogP contribution in [0.15, 0.2) is 10.5 Å². The molecule has 2 rings (SSSR count). The number of rotatable bonds is 2. The van der Waals surface area contributed by atoms with E-state index in [9.17, 15) is 0 Å². The average Bonchev–Trinajstić information content (AvgIpc) is 2.71. The Balaban J connectivity index is 2.25. The fourth-order valence-corrected chi connectivity index (χ4v) is 3.07. The van der Waals surface area contributed by atoms with Gasteiger partial charge < -0.3 is 4.42 Å². The van der Waals surface area contributed by atoms with Gasteiger partial charge in [-0.15, -0.1) is 11.8 Å². The molecule has 0 amide bonds. The number of halogens is 1. The van der Waals surface area contributed by atoms with Crippen molar-refractivity contribution in [3.63, 3.8) is 0 Å². The van der Waals surface area contributed by atoms with Gasteiger partial charge in [0.2, 0.25) is 5.89 Å². The van der Waals surface area contributed by atoms with Crippen molar-refractivity contribution in [1.29, 1.82) is 0 Å². The molecule has 0 bridgehead atoms. The molecule has 0 spiro atoms. The number of thioether (sulfide) groups is 1. The second-order valence-corrected chi connectivity index (χ2v) is 6.16. The topological polar surface area (TPSA) is 26.0 Å². The van der Waals surface area contributed by atoms with Crippen molar-refractivity contribution in [3.05, 3.63) is 23.4 Å². The monoisotopic (exact) mass is 273 g/mol. The van der Waals surface area contributed by atoms with E-state index in [-0.39, 0.29) is 0 Å². The number of aromatic nitrogens is 1. The van der Waals surface area contributed by atoms with E-state index < -0.39 is 0 Å². The van der Waals surface area contributed by atoms with E-state index in [0.29, 0.717) is 4.16 Å². The van der Waals surface area contributed by atoms with Crippen LogP contribution in [-0.2, 0) is 6.42 Å². The highest BCUT2D eigenvalue weighted by molar-refractivity contribution is 9.11. The van der Waals surface area contributed by atoms with Crippen LogP contribution in [0, 0.1) is 6.92 Å². The predicted octanol–water partition coefficient (Wildman–Crippen LogP) is 3.74. The van der Waals surface area contributed by atoms with Crippen LogP contribution < -0.4 is 0 Å². The summed E-state index contributed by atoms with van der Waals surface area (Å²) in [4.78, 5) is 5.63. The van der Waals surface area contributed by atoms with Crippen LogP contribution in [0.1, 0.15) is 30.7 Å². The van der Waals surface area contributed by atoms with Gasteiger partial charge in [0.1, 0.15) is 5.76 Å². The summed E-state index contributed by atoms with van der Waals surface area (Å²) in [6.45, 7) is 4.07. The molecule has 2 heterocycles. The number of hydrogen-bond acceptors (Lipinski definition) is 3. The first-order chi connectivity index (χ1) is 6.70. The van der Waals surface area contributed by atoms with Gasteiger partial charge in [-0.05, 0) is 19.8 Å². The van der Waals surface area contributed by atoms with E-state index in [2.05, 4.69) is 33.9 Å². The van der Waals surface area contributed by atoms with Crippen molar-refractivity contribution >= 4 is 32.6 Å². The number of nitrogens with zero attached hydrogens (tertiary/aromatic N) is 1. The largest absolute Gasteiger partial charge is 0.441 e. The van der Waals surface area contributed by atoms with Gasteiger partial charge in [-0.3, -0.25) is 0 Å². The van der Waals surface area contributed by atoms with Crippen molar-refractivity contribution in [2.24, 2.45) is 0 Å². The number of allylic oxidation sites excluding steroid dienone is 1. The van der Waals surface area contributed by atoms with Gasteiger partial charge >= 0.3 is 0 Å². The lowest BCUT2D eigenvalue weighted by atomic mass is 10.3. The maximum absolute atomic E-state index is 5.62. The average molecular weight is 274 g/mol. The zero-order valence-electron chi connectivity index (χ0n) is 8.21. The molecule has 1 atom stereocenters. The van der Waals surface area contributed by atoms with E-state index in [1.807, 2.05) is 6.92 Å². The second kappa shape index (κ2) is 4.11. The summed E-state index contributed by atoms with van der Waals surface area (Å²) < 4.78 is 6.10. The van der Waals surface area contributed by atoms with Crippen LogP contribution in [0.2, 0.25) is 0 Å². The molecule has 1 aromatic heterocycles. The Kier molecular flexibility index (Phi) is 3.02. The van der Waals surface area contributed by atoms with E-state index >= 15 is 0 Å². The van der Waals surface area contributed by atoms with Crippen LogP contribution >= 0.6 is 27.7 Å². The lowest BCUT2D eigenvalue weighted by Gasteiger charge is -1.96. The summed E-state index contributed by atoms with van der Waals surface area (Å²) in [5, 5.41) is 0. The minimum atomic E-state index is 0.481. The molecule has 0 N–H and O–H groups in total. The summed E-state index contributed by atoms with van der Waals surface area (Å²) >= 11 is 5.33. The van der Waals surface area contributed by atoms with Gasteiger partial charge in [-0.2, -0.15) is 0 Å². The Morgan fingerprint density at radius 1 is 1.71 bits per heavy atom. The number of alkyl halides is 1. The van der Waals surface area contributed by atoms with Crippen LogP contribution in [0.25, 0.3) is 4.91 Å². The van der Waals surface area contributed by atoms with Gasteiger partial charge in [0.05, 0.1) is 14.8 Å². The third kappa shape index (κ3) is 1.91. The minimum Gasteiger partial charge on any atom is -0.441 e. The number of aryl methyl sites for hydroxylation is 2. The third-order valence-corrected chi connectivity index (χ3v) is 4.16. The quantitative estimate of drug-likeness (QED) is 0.768. The molecule has 14 heavy (non-hydrogen) atoms. The molecule has 1 aromatic rings. The molecule has 4 heteroatoms. The molecule has 0 radical (unpaired) electrons. The van der Waals surface area contributed by atoms with E-state index in [1.54, 1.807) is 11.8 Å². The third-order valence-electron chi connectivity index (χ3n) is 2.18. The molecular weight excluding hydrogens is 262 g/mol. The highest BCUT2D eigenvalue weighted by Gasteiger charge is 2.20. The Bertz CT molecular complexity index is 372. The molecule has 0 saturated heterocycles. The van der Waals surface area contributed by atoms with Crippen LogP contribution in [0.3, 0.4) is 0 Å². The fraction of sp³-hybridized carbons (Fsp3) is 0.500. The predicted molar refractivity (Wildman–Crippen MR) is 63.5 cm³/mol. The molecule has 1 unspecified atom stereocenters. The van der Waals surface area contributed by atoms with Crippen molar-refractivity contribution in [2.45, 2.75) is 30.8 Å². The van der Waals surface area contributed by atoms with E-state index in [0.717, 1.165) is 35.1 Å². The zero-order valence-corrected chi connectivity index (χ0v) is 10.6. The van der Waals surface area contributed by atoms with Crippen LogP contribution in [0.4, 0.5) is 0 Å². The van der Waals surface area contributed by atoms with Gasteiger partial charge in [-0.1, -0.05) is 28.9 Å². The molecule has 0 aromatic carbocycles. The first kappa shape index (κ1) is 10.3. The fourth-order valence-electron chi connectivity index (χ4n) is 1.43. The van der Waals surface area contributed by atoms with Crippen molar-refractivity contribution in [2.75, 3.05) is 0 Å². The maximum atomic E-state index is 5.62. The number of oxazole rings is 1. The Morgan fingerprint density at radius 2 is 2.50 bits per heavy atom. The minimum absolute atomic E-state index is 0.481. The summed E-state index contributed by atoms with van der Waals surface area (Å²) in [6, 6.07) is 0. The van der Waals surface area contributed by atoms with Gasteiger partial charge in [-0.25, -0.2) is 4.98 Å². The molecular formula is C10H12BrNOS. The molecule has 0 aliphatic carbocycles. The zero-order chi connectivity index (χ0) is 10.1. The normalized spacial score (nSPS) is 21.4. The second-order valence-electron chi connectivity index (χ2n) is 3.21. The highest BCUT2D eigenvalue weighted by Crippen LogP contribution is 2.41. The van der Waals surface area contributed by atoms with Crippen molar-refractivity contribution in [3.8, 4) is 0 Å². The Hall–Kier alpha value is -0.220. The summed E-state index contributed by atoms with van der Waals surface area (Å²) in [5.74, 6) is 1.73. The molecule has 1 aliphatic rings. The first-order valence-electron chi connectivity index (χ1n) is 4.68.